The summed E-state index contributed by atoms with van der Waals surface area (Å²) in [5, 5.41) is 5.65. The number of rotatable bonds is 6. The molecule has 0 aliphatic rings. The first-order valence-electron chi connectivity index (χ1n) is 6.13. The molecule has 96 valence electrons. The lowest BCUT2D eigenvalue weighted by Gasteiger charge is -2.12. The van der Waals surface area contributed by atoms with Crippen LogP contribution < -0.4 is 5.32 Å². The smallest absolute Gasteiger partial charge is 0.0713 e. The number of nitrogens with one attached hydrogen (secondary N) is 1. The first-order valence-corrected chi connectivity index (χ1v) is 7.01. The fourth-order valence-corrected chi connectivity index (χ4v) is 2.59. The Morgan fingerprint density at radius 3 is 2.50 bits per heavy atom. The van der Waals surface area contributed by atoms with Gasteiger partial charge < -0.3 is 10.1 Å². The van der Waals surface area contributed by atoms with Gasteiger partial charge in [0.1, 0.15) is 0 Å². The lowest BCUT2D eigenvalue weighted by atomic mass is 10.1. The van der Waals surface area contributed by atoms with Crippen LogP contribution >= 0.6 is 11.3 Å². The SMILES string of the molecule is COCc1ccc(CN[C@@H](C)c2cccs2)cc1. The molecule has 1 aromatic carbocycles. The number of benzene rings is 1. The Balaban J connectivity index is 1.86. The standard InChI is InChI=1S/C15H19NOS/c1-12(15-4-3-9-18-15)16-10-13-5-7-14(8-6-13)11-17-2/h3-9,12,16H,10-11H2,1-2H3/t12-/m0/s1. The summed E-state index contributed by atoms with van der Waals surface area (Å²) in [5.41, 5.74) is 2.52. The van der Waals surface area contributed by atoms with E-state index in [0.29, 0.717) is 12.6 Å². The summed E-state index contributed by atoms with van der Waals surface area (Å²) in [6.07, 6.45) is 0. The van der Waals surface area contributed by atoms with Crippen molar-refractivity contribution in [2.75, 3.05) is 7.11 Å². The molecule has 0 bridgehead atoms. The zero-order chi connectivity index (χ0) is 12.8. The van der Waals surface area contributed by atoms with Crippen molar-refractivity contribution in [3.8, 4) is 0 Å². The first kappa shape index (κ1) is 13.3. The van der Waals surface area contributed by atoms with Gasteiger partial charge in [-0.3, -0.25) is 0 Å². The lowest BCUT2D eigenvalue weighted by molar-refractivity contribution is 0.185. The number of ether oxygens (including phenoxy) is 1. The van der Waals surface area contributed by atoms with E-state index in [1.165, 1.54) is 16.0 Å². The normalized spacial score (nSPS) is 12.6. The average molecular weight is 261 g/mol. The minimum absolute atomic E-state index is 0.406. The Bertz CT molecular complexity index is 450. The highest BCUT2D eigenvalue weighted by Gasteiger charge is 2.05. The Hall–Kier alpha value is -1.16. The summed E-state index contributed by atoms with van der Waals surface area (Å²) in [4.78, 5) is 1.38. The average Bonchev–Trinajstić information content (AvgIpc) is 2.92. The Morgan fingerprint density at radius 2 is 1.89 bits per heavy atom. The van der Waals surface area contributed by atoms with Gasteiger partial charge in [-0.2, -0.15) is 0 Å². The van der Waals surface area contributed by atoms with E-state index in [1.807, 2.05) is 0 Å². The van der Waals surface area contributed by atoms with Crippen molar-refractivity contribution < 1.29 is 4.74 Å². The predicted octanol–water partition coefficient (Wildman–Crippen LogP) is 3.75. The second kappa shape index (κ2) is 6.69. The highest BCUT2D eigenvalue weighted by Crippen LogP contribution is 2.18. The van der Waals surface area contributed by atoms with Gasteiger partial charge >= 0.3 is 0 Å². The van der Waals surface area contributed by atoms with E-state index in [0.717, 1.165) is 6.54 Å². The van der Waals surface area contributed by atoms with Crippen LogP contribution in [-0.4, -0.2) is 7.11 Å². The van der Waals surface area contributed by atoms with E-state index in [2.05, 4.69) is 54.0 Å². The first-order chi connectivity index (χ1) is 8.79. The highest BCUT2D eigenvalue weighted by molar-refractivity contribution is 7.10. The molecule has 2 nitrogen and oxygen atoms in total. The summed E-state index contributed by atoms with van der Waals surface area (Å²) < 4.78 is 5.10. The topological polar surface area (TPSA) is 21.3 Å². The van der Waals surface area contributed by atoms with Crippen LogP contribution in [0.15, 0.2) is 41.8 Å². The molecule has 0 aliphatic carbocycles. The zero-order valence-corrected chi connectivity index (χ0v) is 11.7. The molecule has 0 saturated carbocycles. The molecule has 0 radical (unpaired) electrons. The Morgan fingerprint density at radius 1 is 1.17 bits per heavy atom. The van der Waals surface area contributed by atoms with Gasteiger partial charge in [0.25, 0.3) is 0 Å². The maximum atomic E-state index is 5.10. The molecule has 1 N–H and O–H groups in total. The van der Waals surface area contributed by atoms with E-state index in [9.17, 15) is 0 Å². The third kappa shape index (κ3) is 3.67. The summed E-state index contributed by atoms with van der Waals surface area (Å²) in [5.74, 6) is 0. The van der Waals surface area contributed by atoms with Gasteiger partial charge in [-0.1, -0.05) is 30.3 Å². The van der Waals surface area contributed by atoms with Gasteiger partial charge in [0.05, 0.1) is 6.61 Å². The minimum Gasteiger partial charge on any atom is -0.380 e. The maximum absolute atomic E-state index is 5.10. The Labute approximate surface area is 113 Å². The van der Waals surface area contributed by atoms with Gasteiger partial charge in [0.2, 0.25) is 0 Å². The number of hydrogen-bond acceptors (Lipinski definition) is 3. The minimum atomic E-state index is 0.406. The molecule has 3 heteroatoms. The van der Waals surface area contributed by atoms with Crippen molar-refractivity contribution in [1.82, 2.24) is 5.32 Å². The molecule has 0 fully saturated rings. The van der Waals surface area contributed by atoms with Crippen LogP contribution in [0.25, 0.3) is 0 Å². The largest absolute Gasteiger partial charge is 0.380 e. The molecule has 0 saturated heterocycles. The molecule has 0 spiro atoms. The summed E-state index contributed by atoms with van der Waals surface area (Å²) in [7, 11) is 1.72. The van der Waals surface area contributed by atoms with Crippen LogP contribution in [0.5, 0.6) is 0 Å². The van der Waals surface area contributed by atoms with E-state index in [1.54, 1.807) is 18.4 Å². The molecule has 18 heavy (non-hydrogen) atoms. The van der Waals surface area contributed by atoms with E-state index in [-0.39, 0.29) is 0 Å². The molecular weight excluding hydrogens is 242 g/mol. The van der Waals surface area contributed by atoms with E-state index >= 15 is 0 Å². The Kier molecular flexibility index (Phi) is 4.93. The van der Waals surface area contributed by atoms with Crippen LogP contribution in [-0.2, 0) is 17.9 Å². The van der Waals surface area contributed by atoms with E-state index < -0.39 is 0 Å². The molecule has 2 aromatic rings. The molecule has 2 rings (SSSR count). The second-order valence-corrected chi connectivity index (χ2v) is 5.35. The van der Waals surface area contributed by atoms with E-state index in [4.69, 9.17) is 4.74 Å². The number of thiophene rings is 1. The van der Waals surface area contributed by atoms with Gasteiger partial charge in [-0.15, -0.1) is 11.3 Å². The number of hydrogen-bond donors (Lipinski definition) is 1. The summed E-state index contributed by atoms with van der Waals surface area (Å²) in [6, 6.07) is 13.2. The molecule has 0 amide bonds. The third-order valence-electron chi connectivity index (χ3n) is 2.92. The van der Waals surface area contributed by atoms with Crippen LogP contribution in [0, 0.1) is 0 Å². The maximum Gasteiger partial charge on any atom is 0.0713 e. The van der Waals surface area contributed by atoms with Gasteiger partial charge in [0.15, 0.2) is 0 Å². The molecule has 1 aromatic heterocycles. The van der Waals surface area contributed by atoms with Crippen LogP contribution in [0.1, 0.15) is 29.0 Å². The molecular formula is C15H19NOS. The van der Waals surface area contributed by atoms with Gasteiger partial charge in [-0.05, 0) is 29.5 Å². The lowest BCUT2D eigenvalue weighted by Crippen LogP contribution is -2.17. The molecule has 1 atom stereocenters. The fourth-order valence-electron chi connectivity index (χ4n) is 1.83. The fraction of sp³-hybridized carbons (Fsp3) is 0.333. The zero-order valence-electron chi connectivity index (χ0n) is 10.8. The van der Waals surface area contributed by atoms with Crippen molar-refractivity contribution in [2.45, 2.75) is 26.1 Å². The van der Waals surface area contributed by atoms with Gasteiger partial charge in [0, 0.05) is 24.6 Å². The van der Waals surface area contributed by atoms with Crippen molar-refractivity contribution in [3.05, 3.63) is 57.8 Å². The van der Waals surface area contributed by atoms with Crippen LogP contribution in [0.3, 0.4) is 0 Å². The number of methoxy groups -OCH3 is 1. The monoisotopic (exact) mass is 261 g/mol. The van der Waals surface area contributed by atoms with Crippen molar-refractivity contribution in [3.63, 3.8) is 0 Å². The van der Waals surface area contributed by atoms with Crippen molar-refractivity contribution in [1.29, 1.82) is 0 Å². The molecule has 1 heterocycles. The highest BCUT2D eigenvalue weighted by atomic mass is 32.1. The van der Waals surface area contributed by atoms with Crippen molar-refractivity contribution in [2.24, 2.45) is 0 Å². The second-order valence-electron chi connectivity index (χ2n) is 4.37. The summed E-state index contributed by atoms with van der Waals surface area (Å²) >= 11 is 1.80. The van der Waals surface area contributed by atoms with Crippen LogP contribution in [0.2, 0.25) is 0 Å². The van der Waals surface area contributed by atoms with Crippen molar-refractivity contribution >= 4 is 11.3 Å². The third-order valence-corrected chi connectivity index (χ3v) is 3.97. The summed E-state index contributed by atoms with van der Waals surface area (Å²) in [6.45, 7) is 3.77. The quantitative estimate of drug-likeness (QED) is 0.855. The van der Waals surface area contributed by atoms with Gasteiger partial charge in [-0.25, -0.2) is 0 Å². The molecule has 0 aliphatic heterocycles. The van der Waals surface area contributed by atoms with Crippen LogP contribution in [0.4, 0.5) is 0 Å². The molecule has 0 unspecified atom stereocenters. The predicted molar refractivity (Wildman–Crippen MR) is 76.7 cm³/mol.